The Balaban J connectivity index is 2.21. The first-order valence-corrected chi connectivity index (χ1v) is 8.84. The maximum absolute atomic E-state index is 8.91. The van der Waals surface area contributed by atoms with E-state index >= 15 is 0 Å². The number of anilines is 1. The highest BCUT2D eigenvalue weighted by molar-refractivity contribution is 9.10. The third-order valence-corrected chi connectivity index (χ3v) is 5.07. The zero-order valence-electron chi connectivity index (χ0n) is 12.5. The van der Waals surface area contributed by atoms with Crippen LogP contribution in [0.2, 0.25) is 5.02 Å². The fourth-order valence-corrected chi connectivity index (χ4v) is 3.76. The third kappa shape index (κ3) is 4.44. The van der Waals surface area contributed by atoms with Gasteiger partial charge in [0.25, 0.3) is 0 Å². The normalized spacial score (nSPS) is 18.2. The van der Waals surface area contributed by atoms with Gasteiger partial charge in [-0.05, 0) is 66.1 Å². The van der Waals surface area contributed by atoms with Gasteiger partial charge < -0.3 is 20.6 Å². The second-order valence-corrected chi connectivity index (χ2v) is 6.64. The molecule has 3 N–H and O–H groups in total. The van der Waals surface area contributed by atoms with Gasteiger partial charge in [-0.3, -0.25) is 0 Å². The Bertz CT molecular complexity index is 519. The molecule has 1 aromatic carbocycles. The van der Waals surface area contributed by atoms with Crippen LogP contribution < -0.4 is 5.32 Å². The van der Waals surface area contributed by atoms with Gasteiger partial charge >= 0.3 is 0 Å². The lowest BCUT2D eigenvalue weighted by atomic mass is 10.0. The minimum Gasteiger partial charge on any atom is -0.396 e. The van der Waals surface area contributed by atoms with Crippen molar-refractivity contribution in [1.29, 1.82) is 5.41 Å². The molecule has 1 heterocycles. The smallest absolute Gasteiger partial charge is 0.127 e. The summed E-state index contributed by atoms with van der Waals surface area (Å²) in [4.78, 5) is 0. The molecule has 0 aliphatic carbocycles. The van der Waals surface area contributed by atoms with Crippen LogP contribution in [0.15, 0.2) is 10.5 Å². The van der Waals surface area contributed by atoms with Crippen LogP contribution in [0.25, 0.3) is 0 Å². The van der Waals surface area contributed by atoms with E-state index in [1.165, 1.54) is 6.21 Å². The second kappa shape index (κ2) is 8.87. The first kappa shape index (κ1) is 17.7. The molecule has 0 radical (unpaired) electrons. The molecule has 1 aliphatic rings. The predicted octanol–water partition coefficient (Wildman–Crippen LogP) is 4.35. The van der Waals surface area contributed by atoms with E-state index < -0.39 is 0 Å². The van der Waals surface area contributed by atoms with Crippen molar-refractivity contribution in [3.63, 3.8) is 0 Å². The lowest BCUT2D eigenvalue weighted by Crippen LogP contribution is -2.27. The van der Waals surface area contributed by atoms with Crippen LogP contribution in [0.1, 0.15) is 43.2 Å². The number of hydrogen-bond acceptors (Lipinski definition) is 4. The molecule has 1 aliphatic heterocycles. The Morgan fingerprint density at radius 2 is 2.27 bits per heavy atom. The quantitative estimate of drug-likeness (QED) is 0.480. The highest BCUT2D eigenvalue weighted by atomic mass is 79.9. The average molecular weight is 390 g/mol. The van der Waals surface area contributed by atoms with Crippen LogP contribution >= 0.6 is 27.5 Å². The Hall–Kier alpha value is -0.620. The topological polar surface area (TPSA) is 65.3 Å². The van der Waals surface area contributed by atoms with Gasteiger partial charge in [0.05, 0.1) is 0 Å². The summed E-state index contributed by atoms with van der Waals surface area (Å²) in [6, 6.07) is 1.87. The Morgan fingerprint density at radius 3 is 2.91 bits per heavy atom. The van der Waals surface area contributed by atoms with Crippen molar-refractivity contribution in [3.05, 3.63) is 26.7 Å². The number of unbranched alkanes of at least 4 members (excludes halogenated alkanes) is 1. The van der Waals surface area contributed by atoms with Crippen LogP contribution in [0.3, 0.4) is 0 Å². The lowest BCUT2D eigenvalue weighted by Gasteiger charge is -2.26. The molecule has 0 saturated carbocycles. The molecular weight excluding hydrogens is 368 g/mol. The van der Waals surface area contributed by atoms with Gasteiger partial charge in [-0.15, -0.1) is 0 Å². The summed E-state index contributed by atoms with van der Waals surface area (Å²) in [6.07, 6.45) is 6.92. The molecule has 6 heteroatoms. The van der Waals surface area contributed by atoms with E-state index in [1.807, 2.05) is 6.07 Å². The lowest BCUT2D eigenvalue weighted by molar-refractivity contribution is 0.0343. The van der Waals surface area contributed by atoms with Gasteiger partial charge in [-0.1, -0.05) is 11.6 Å². The average Bonchev–Trinajstić information content (AvgIpc) is 2.52. The van der Waals surface area contributed by atoms with Crippen LogP contribution in [-0.4, -0.2) is 30.8 Å². The number of nitrogens with one attached hydrogen (secondary N) is 2. The number of hydrogen-bond donors (Lipinski definition) is 3. The number of benzene rings is 1. The number of rotatable bonds is 7. The zero-order chi connectivity index (χ0) is 15.9. The molecule has 0 bridgehead atoms. The van der Waals surface area contributed by atoms with Crippen LogP contribution in [0, 0.1) is 5.41 Å². The first-order chi connectivity index (χ1) is 10.7. The van der Waals surface area contributed by atoms with Gasteiger partial charge in [0.2, 0.25) is 0 Å². The molecule has 1 fully saturated rings. The van der Waals surface area contributed by atoms with Crippen LogP contribution in [0.5, 0.6) is 0 Å². The molecule has 1 saturated heterocycles. The summed E-state index contributed by atoms with van der Waals surface area (Å²) in [7, 11) is 0. The number of aliphatic hydroxyl groups is 1. The van der Waals surface area contributed by atoms with Gasteiger partial charge in [0, 0.05) is 40.2 Å². The number of halogens is 2. The molecule has 0 amide bonds. The maximum atomic E-state index is 8.91. The molecule has 1 unspecified atom stereocenters. The third-order valence-electron chi connectivity index (χ3n) is 3.83. The van der Waals surface area contributed by atoms with Crippen molar-refractivity contribution in [2.24, 2.45) is 0 Å². The standard InChI is InChI=1S/C16H22BrClN2O2/c17-16-11(5-1-3-7-21)13(18)9-14(12(16)10-19)20-15-6-2-4-8-22-15/h9-10,15,19-21H,1-8H2. The van der Waals surface area contributed by atoms with Crippen molar-refractivity contribution in [2.45, 2.75) is 44.8 Å². The summed E-state index contributed by atoms with van der Waals surface area (Å²) in [5, 5.41) is 20.6. The monoisotopic (exact) mass is 388 g/mol. The second-order valence-electron chi connectivity index (χ2n) is 5.44. The fourth-order valence-electron chi connectivity index (χ4n) is 2.61. The first-order valence-electron chi connectivity index (χ1n) is 7.67. The van der Waals surface area contributed by atoms with E-state index in [0.717, 1.165) is 66.4 Å². The van der Waals surface area contributed by atoms with E-state index in [1.54, 1.807) is 0 Å². The van der Waals surface area contributed by atoms with E-state index in [4.69, 9.17) is 26.9 Å². The van der Waals surface area contributed by atoms with Crippen molar-refractivity contribution < 1.29 is 9.84 Å². The number of aliphatic hydroxyl groups excluding tert-OH is 1. The van der Waals surface area contributed by atoms with Gasteiger partial charge in [0.15, 0.2) is 0 Å². The summed E-state index contributed by atoms with van der Waals surface area (Å²) in [6.45, 7) is 0.955. The summed E-state index contributed by atoms with van der Waals surface area (Å²) in [5.74, 6) is 0. The van der Waals surface area contributed by atoms with Gasteiger partial charge in [0.1, 0.15) is 6.23 Å². The molecule has 4 nitrogen and oxygen atoms in total. The molecule has 0 spiro atoms. The SMILES string of the molecule is N=Cc1c(NC2CCCCO2)cc(Cl)c(CCCCO)c1Br. The van der Waals surface area contributed by atoms with E-state index in [-0.39, 0.29) is 12.8 Å². The van der Waals surface area contributed by atoms with E-state index in [9.17, 15) is 0 Å². The zero-order valence-corrected chi connectivity index (χ0v) is 14.8. The molecule has 122 valence electrons. The molecule has 2 rings (SSSR count). The highest BCUT2D eigenvalue weighted by Gasteiger charge is 2.18. The van der Waals surface area contributed by atoms with Crippen molar-refractivity contribution in [3.8, 4) is 0 Å². The predicted molar refractivity (Wildman–Crippen MR) is 94.3 cm³/mol. The van der Waals surface area contributed by atoms with Gasteiger partial charge in [-0.25, -0.2) is 0 Å². The van der Waals surface area contributed by atoms with Crippen molar-refractivity contribution in [1.82, 2.24) is 0 Å². The summed E-state index contributed by atoms with van der Waals surface area (Å²) in [5.41, 5.74) is 2.60. The van der Waals surface area contributed by atoms with Crippen LogP contribution in [-0.2, 0) is 11.2 Å². The highest BCUT2D eigenvalue weighted by Crippen LogP contribution is 2.35. The maximum Gasteiger partial charge on any atom is 0.127 e. The van der Waals surface area contributed by atoms with Crippen LogP contribution in [0.4, 0.5) is 5.69 Å². The number of ether oxygens (including phenoxy) is 1. The summed E-state index contributed by atoms with van der Waals surface area (Å²) >= 11 is 9.99. The minimum atomic E-state index is -0.0179. The fraction of sp³-hybridized carbons (Fsp3) is 0.562. The largest absolute Gasteiger partial charge is 0.396 e. The molecule has 1 aromatic rings. The molecular formula is C16H22BrClN2O2. The molecule has 0 aromatic heterocycles. The molecule has 1 atom stereocenters. The summed E-state index contributed by atoms with van der Waals surface area (Å²) < 4.78 is 6.55. The van der Waals surface area contributed by atoms with Crippen molar-refractivity contribution >= 4 is 39.4 Å². The molecule has 22 heavy (non-hydrogen) atoms. The Morgan fingerprint density at radius 1 is 1.45 bits per heavy atom. The minimum absolute atomic E-state index is 0.0179. The Labute approximate surface area is 144 Å². The van der Waals surface area contributed by atoms with E-state index in [2.05, 4.69) is 21.2 Å². The van der Waals surface area contributed by atoms with E-state index in [0.29, 0.717) is 5.02 Å². The van der Waals surface area contributed by atoms with Crippen molar-refractivity contribution in [2.75, 3.05) is 18.5 Å². The van der Waals surface area contributed by atoms with Gasteiger partial charge in [-0.2, -0.15) is 0 Å². The Kier molecular flexibility index (Phi) is 7.15.